The van der Waals surface area contributed by atoms with E-state index >= 15 is 0 Å². The zero-order chi connectivity index (χ0) is 30.9. The maximum absolute atomic E-state index is 5.13. The lowest BCUT2D eigenvalue weighted by molar-refractivity contribution is 0.552. The minimum absolute atomic E-state index is 0.166. The molecule has 0 aliphatic heterocycles. The quantitative estimate of drug-likeness (QED) is 0.199. The van der Waals surface area contributed by atoms with Crippen molar-refractivity contribution in [3.05, 3.63) is 185 Å². The molecule has 220 valence electrons. The Kier molecular flexibility index (Phi) is 5.93. The van der Waals surface area contributed by atoms with E-state index in [1.165, 1.54) is 49.6 Å². The monoisotopic (exact) mass is 609 g/mol. The van der Waals surface area contributed by atoms with E-state index in [-0.39, 0.29) is 5.41 Å². The maximum Gasteiger partial charge on any atom is 0.123 e. The fraction of sp³-hybridized carbons (Fsp3) is 0.0952. The number of benzene rings is 5. The number of hydrogen-bond donors (Lipinski definition) is 0. The summed E-state index contributed by atoms with van der Waals surface area (Å²) < 4.78 is 2.42. The first kappa shape index (κ1) is 27.0. The van der Waals surface area contributed by atoms with Crippen molar-refractivity contribution in [3.63, 3.8) is 0 Å². The van der Waals surface area contributed by atoms with Gasteiger partial charge in [0.2, 0.25) is 0 Å². The molecule has 8 aromatic rings. The first-order chi connectivity index (χ1) is 22.6. The third-order valence-corrected chi connectivity index (χ3v) is 10.8. The first-order valence-electron chi connectivity index (χ1n) is 15.7. The predicted octanol–water partition coefficient (Wildman–Crippen LogP) is 10.3. The smallest absolute Gasteiger partial charge is 0.123 e. The molecule has 3 aromatic heterocycles. The van der Waals surface area contributed by atoms with Gasteiger partial charge in [-0.15, -0.1) is 11.3 Å². The zero-order valence-corrected chi connectivity index (χ0v) is 26.5. The van der Waals surface area contributed by atoms with Crippen LogP contribution in [-0.2, 0) is 10.8 Å². The number of rotatable bonds is 4. The summed E-state index contributed by atoms with van der Waals surface area (Å²) in [6, 6.07) is 48.9. The standard InChI is InChI=1S/C42H31N3S/c1-41(2)33-15-4-6-17-35(33)42(39-20-9-10-23-43-39,36-18-7-5-16-34(36)41)29-21-22-32-31-14-3-8-19-37(31)45(38(32)27-29)30-13-11-12-28(26-30)40-44-24-25-46-40/h3-27H,1-2H3. The van der Waals surface area contributed by atoms with Crippen molar-refractivity contribution in [1.82, 2.24) is 14.5 Å². The number of aromatic nitrogens is 3. The van der Waals surface area contributed by atoms with Gasteiger partial charge < -0.3 is 4.57 Å². The van der Waals surface area contributed by atoms with Crippen LogP contribution in [0.3, 0.4) is 0 Å². The second kappa shape index (κ2) is 10.1. The van der Waals surface area contributed by atoms with Crippen LogP contribution < -0.4 is 0 Å². The summed E-state index contributed by atoms with van der Waals surface area (Å²) in [6.45, 7) is 4.70. The van der Waals surface area contributed by atoms with Crippen molar-refractivity contribution in [1.29, 1.82) is 0 Å². The molecule has 4 heteroatoms. The van der Waals surface area contributed by atoms with Gasteiger partial charge >= 0.3 is 0 Å². The Morgan fingerprint density at radius 1 is 0.565 bits per heavy atom. The minimum Gasteiger partial charge on any atom is -0.309 e. The summed E-state index contributed by atoms with van der Waals surface area (Å²) in [5.74, 6) is 0. The van der Waals surface area contributed by atoms with Crippen molar-refractivity contribution in [2.45, 2.75) is 24.7 Å². The third-order valence-electron chi connectivity index (χ3n) is 9.95. The fourth-order valence-corrected chi connectivity index (χ4v) is 8.58. The molecular formula is C42H31N3S. The molecule has 0 saturated carbocycles. The van der Waals surface area contributed by atoms with Crippen LogP contribution in [-0.4, -0.2) is 14.5 Å². The lowest BCUT2D eigenvalue weighted by atomic mass is 9.55. The van der Waals surface area contributed by atoms with Crippen LogP contribution in [0.15, 0.2) is 151 Å². The largest absolute Gasteiger partial charge is 0.309 e. The van der Waals surface area contributed by atoms with Crippen molar-refractivity contribution in [2.75, 3.05) is 0 Å². The SMILES string of the molecule is CC1(C)c2ccccc2C(c2ccc3c4ccccc4n(-c4cccc(-c5nccs5)c4)c3c2)(c2ccccn2)c2ccccc21. The lowest BCUT2D eigenvalue weighted by Gasteiger charge is -2.47. The van der Waals surface area contributed by atoms with Gasteiger partial charge in [-0.2, -0.15) is 0 Å². The van der Waals surface area contributed by atoms with Crippen molar-refractivity contribution >= 4 is 33.1 Å². The van der Waals surface area contributed by atoms with Crippen molar-refractivity contribution < 1.29 is 0 Å². The zero-order valence-electron chi connectivity index (χ0n) is 25.7. The van der Waals surface area contributed by atoms with Gasteiger partial charge in [0.1, 0.15) is 5.01 Å². The number of nitrogens with zero attached hydrogens (tertiary/aromatic N) is 3. The molecular weight excluding hydrogens is 579 g/mol. The molecule has 0 unspecified atom stereocenters. The minimum atomic E-state index is -0.609. The van der Waals surface area contributed by atoms with Gasteiger partial charge in [0.15, 0.2) is 0 Å². The Labute approximate surface area is 272 Å². The molecule has 3 nitrogen and oxygen atoms in total. The molecule has 0 radical (unpaired) electrons. The first-order valence-corrected chi connectivity index (χ1v) is 16.6. The van der Waals surface area contributed by atoms with Crippen LogP contribution in [0.4, 0.5) is 0 Å². The van der Waals surface area contributed by atoms with E-state index in [0.29, 0.717) is 0 Å². The van der Waals surface area contributed by atoms with E-state index in [0.717, 1.165) is 22.0 Å². The molecule has 5 aromatic carbocycles. The Hall–Kier alpha value is -5.32. The van der Waals surface area contributed by atoms with Crippen molar-refractivity contribution in [2.24, 2.45) is 0 Å². The molecule has 1 aliphatic rings. The van der Waals surface area contributed by atoms with Gasteiger partial charge in [-0.1, -0.05) is 111 Å². The molecule has 0 bridgehead atoms. The van der Waals surface area contributed by atoms with E-state index in [1.54, 1.807) is 11.3 Å². The second-order valence-electron chi connectivity index (χ2n) is 12.7. The summed E-state index contributed by atoms with van der Waals surface area (Å²) in [5.41, 5.74) is 11.3. The Balaban J connectivity index is 1.41. The van der Waals surface area contributed by atoms with E-state index < -0.39 is 5.41 Å². The highest BCUT2D eigenvalue weighted by Crippen LogP contribution is 2.55. The van der Waals surface area contributed by atoms with Crippen LogP contribution >= 0.6 is 11.3 Å². The van der Waals surface area contributed by atoms with Gasteiger partial charge in [0.25, 0.3) is 0 Å². The molecule has 0 fully saturated rings. The molecule has 46 heavy (non-hydrogen) atoms. The van der Waals surface area contributed by atoms with Crippen LogP contribution in [0.1, 0.15) is 47.4 Å². The maximum atomic E-state index is 5.13. The highest BCUT2D eigenvalue weighted by atomic mass is 32.1. The summed E-state index contributed by atoms with van der Waals surface area (Å²) in [5, 5.41) is 5.52. The fourth-order valence-electron chi connectivity index (χ4n) is 7.95. The normalized spacial score (nSPS) is 14.7. The summed E-state index contributed by atoms with van der Waals surface area (Å²) in [7, 11) is 0. The third kappa shape index (κ3) is 3.71. The molecule has 0 amide bonds. The number of thiazole rings is 1. The molecule has 9 rings (SSSR count). The lowest BCUT2D eigenvalue weighted by Crippen LogP contribution is -2.42. The van der Waals surface area contributed by atoms with Crippen LogP contribution in [0.25, 0.3) is 38.1 Å². The summed E-state index contributed by atoms with van der Waals surface area (Å²) >= 11 is 1.67. The average Bonchev–Trinajstić information content (AvgIpc) is 3.76. The summed E-state index contributed by atoms with van der Waals surface area (Å²) in [4.78, 5) is 9.74. The Morgan fingerprint density at radius 3 is 1.98 bits per heavy atom. The summed E-state index contributed by atoms with van der Waals surface area (Å²) in [6.07, 6.45) is 3.80. The van der Waals surface area contributed by atoms with E-state index in [9.17, 15) is 0 Å². The van der Waals surface area contributed by atoms with Crippen LogP contribution in [0, 0.1) is 0 Å². The van der Waals surface area contributed by atoms with Crippen LogP contribution in [0.2, 0.25) is 0 Å². The van der Waals surface area contributed by atoms with Crippen molar-refractivity contribution in [3.8, 4) is 16.3 Å². The molecule has 0 atom stereocenters. The van der Waals surface area contributed by atoms with Gasteiger partial charge in [-0.25, -0.2) is 4.98 Å². The average molecular weight is 610 g/mol. The number of para-hydroxylation sites is 1. The van der Waals surface area contributed by atoms with Gasteiger partial charge in [0, 0.05) is 45.2 Å². The number of hydrogen-bond acceptors (Lipinski definition) is 3. The highest BCUT2D eigenvalue weighted by Gasteiger charge is 2.49. The topological polar surface area (TPSA) is 30.7 Å². The molecule has 3 heterocycles. The van der Waals surface area contributed by atoms with Gasteiger partial charge in [-0.05, 0) is 64.2 Å². The van der Waals surface area contributed by atoms with Gasteiger partial charge in [-0.3, -0.25) is 4.98 Å². The Bertz CT molecular complexity index is 2350. The molecule has 0 spiro atoms. The molecule has 0 saturated heterocycles. The predicted molar refractivity (Wildman–Crippen MR) is 190 cm³/mol. The number of pyridine rings is 1. The Morgan fingerprint density at radius 2 is 1.26 bits per heavy atom. The van der Waals surface area contributed by atoms with Gasteiger partial charge in [0.05, 0.1) is 22.1 Å². The number of fused-ring (bicyclic) bond motifs is 5. The highest BCUT2D eigenvalue weighted by molar-refractivity contribution is 7.13. The molecule has 1 aliphatic carbocycles. The van der Waals surface area contributed by atoms with E-state index in [4.69, 9.17) is 4.98 Å². The van der Waals surface area contributed by atoms with Crippen LogP contribution in [0.5, 0.6) is 0 Å². The second-order valence-corrected chi connectivity index (χ2v) is 13.5. The van der Waals surface area contributed by atoms with E-state index in [2.05, 4.69) is 151 Å². The van der Waals surface area contributed by atoms with E-state index in [1.807, 2.05) is 23.8 Å². The molecule has 0 N–H and O–H groups in total.